The van der Waals surface area contributed by atoms with Crippen molar-refractivity contribution in [3.63, 3.8) is 0 Å². The van der Waals surface area contributed by atoms with Crippen molar-refractivity contribution < 1.29 is 0 Å². The quantitative estimate of drug-likeness (QED) is 0.799. The van der Waals surface area contributed by atoms with Gasteiger partial charge in [0.2, 0.25) is 0 Å². The summed E-state index contributed by atoms with van der Waals surface area (Å²) >= 11 is 15.4. The molecule has 0 radical (unpaired) electrons. The molecule has 0 bridgehead atoms. The molecule has 2 aromatic rings. The van der Waals surface area contributed by atoms with Gasteiger partial charge < -0.3 is 5.73 Å². The van der Waals surface area contributed by atoms with E-state index in [9.17, 15) is 0 Å². The Bertz CT molecular complexity index is 715. The van der Waals surface area contributed by atoms with Crippen LogP contribution in [0.2, 0.25) is 10.0 Å². The van der Waals surface area contributed by atoms with E-state index in [-0.39, 0.29) is 0 Å². The van der Waals surface area contributed by atoms with Gasteiger partial charge in [-0.05, 0) is 28.1 Å². The SMILES string of the molecule is N#Cc1cc(Cl)c(N=Cc2cncc(Br)c2N)c(Cl)c1. The van der Waals surface area contributed by atoms with E-state index < -0.39 is 0 Å². The molecule has 100 valence electrons. The molecule has 0 saturated carbocycles. The Labute approximate surface area is 134 Å². The van der Waals surface area contributed by atoms with E-state index in [1.165, 1.54) is 18.3 Å². The normalized spacial score (nSPS) is 10.7. The summed E-state index contributed by atoms with van der Waals surface area (Å²) in [5, 5.41) is 9.41. The molecule has 2 N–H and O–H groups in total. The number of nitrogen functional groups attached to an aromatic ring is 1. The third-order valence-electron chi connectivity index (χ3n) is 2.45. The topological polar surface area (TPSA) is 75.1 Å². The van der Waals surface area contributed by atoms with Gasteiger partial charge in [0.05, 0.1) is 31.8 Å². The molecule has 0 spiro atoms. The minimum absolute atomic E-state index is 0.298. The van der Waals surface area contributed by atoms with Crippen molar-refractivity contribution in [1.29, 1.82) is 5.26 Å². The van der Waals surface area contributed by atoms with Crippen LogP contribution in [0.1, 0.15) is 11.1 Å². The van der Waals surface area contributed by atoms with Crippen molar-refractivity contribution in [2.75, 3.05) is 5.73 Å². The van der Waals surface area contributed by atoms with Gasteiger partial charge in [-0.3, -0.25) is 9.98 Å². The number of rotatable bonds is 2. The number of nitrogens with two attached hydrogens (primary N) is 1. The second-order valence-electron chi connectivity index (χ2n) is 3.78. The van der Waals surface area contributed by atoms with Crippen LogP contribution in [0.3, 0.4) is 0 Å². The summed E-state index contributed by atoms with van der Waals surface area (Å²) in [5.74, 6) is 0. The van der Waals surface area contributed by atoms with Crippen molar-refractivity contribution in [3.8, 4) is 6.07 Å². The van der Waals surface area contributed by atoms with Gasteiger partial charge in [0, 0.05) is 24.2 Å². The molecule has 20 heavy (non-hydrogen) atoms. The summed E-state index contributed by atoms with van der Waals surface area (Å²) in [6.07, 6.45) is 4.69. The second-order valence-corrected chi connectivity index (χ2v) is 5.45. The largest absolute Gasteiger partial charge is 0.397 e. The molecule has 1 aromatic heterocycles. The Hall–Kier alpha value is -1.61. The number of nitriles is 1. The molecular formula is C13H7BrCl2N4. The first-order valence-electron chi connectivity index (χ1n) is 5.35. The maximum atomic E-state index is 8.82. The third-order valence-corrected chi connectivity index (χ3v) is 3.66. The molecule has 7 heteroatoms. The highest BCUT2D eigenvalue weighted by atomic mass is 79.9. The van der Waals surface area contributed by atoms with Crippen LogP contribution in [-0.4, -0.2) is 11.2 Å². The van der Waals surface area contributed by atoms with Crippen LogP contribution in [0, 0.1) is 11.3 Å². The molecular weight excluding hydrogens is 363 g/mol. The highest BCUT2D eigenvalue weighted by Gasteiger charge is 2.07. The zero-order valence-corrected chi connectivity index (χ0v) is 13.0. The van der Waals surface area contributed by atoms with Crippen LogP contribution in [0.4, 0.5) is 11.4 Å². The Morgan fingerprint density at radius 3 is 2.55 bits per heavy atom. The van der Waals surface area contributed by atoms with Crippen LogP contribution >= 0.6 is 39.1 Å². The van der Waals surface area contributed by atoms with E-state index in [0.717, 1.165) is 0 Å². The first kappa shape index (κ1) is 14.8. The Kier molecular flexibility index (Phi) is 4.61. The zero-order valence-electron chi connectivity index (χ0n) is 9.94. The van der Waals surface area contributed by atoms with Crippen molar-refractivity contribution in [2.24, 2.45) is 4.99 Å². The number of hydrogen-bond acceptors (Lipinski definition) is 4. The van der Waals surface area contributed by atoms with Crippen LogP contribution in [0.5, 0.6) is 0 Å². The lowest BCUT2D eigenvalue weighted by atomic mass is 10.2. The summed E-state index contributed by atoms with van der Waals surface area (Å²) in [6.45, 7) is 0. The average molecular weight is 370 g/mol. The number of aliphatic imine (C=N–C) groups is 1. The van der Waals surface area contributed by atoms with Crippen LogP contribution in [0.15, 0.2) is 34.0 Å². The Morgan fingerprint density at radius 2 is 1.95 bits per heavy atom. The van der Waals surface area contributed by atoms with Gasteiger partial charge in [0.25, 0.3) is 0 Å². The zero-order chi connectivity index (χ0) is 14.7. The molecule has 0 unspecified atom stereocenters. The van der Waals surface area contributed by atoms with Gasteiger partial charge in [-0.1, -0.05) is 23.2 Å². The predicted molar refractivity (Wildman–Crippen MR) is 84.8 cm³/mol. The fourth-order valence-electron chi connectivity index (χ4n) is 1.45. The third kappa shape index (κ3) is 3.10. The van der Waals surface area contributed by atoms with Gasteiger partial charge in [0.1, 0.15) is 5.69 Å². The fourth-order valence-corrected chi connectivity index (χ4v) is 2.38. The number of hydrogen-bond donors (Lipinski definition) is 1. The fraction of sp³-hybridized carbons (Fsp3) is 0. The molecule has 0 fully saturated rings. The van der Waals surface area contributed by atoms with Crippen LogP contribution in [-0.2, 0) is 0 Å². The maximum absolute atomic E-state index is 8.82. The van der Waals surface area contributed by atoms with Crippen LogP contribution in [0.25, 0.3) is 0 Å². The number of nitrogens with zero attached hydrogens (tertiary/aromatic N) is 3. The predicted octanol–water partition coefficient (Wildman–Crippen LogP) is 4.36. The highest BCUT2D eigenvalue weighted by Crippen LogP contribution is 2.34. The van der Waals surface area contributed by atoms with Gasteiger partial charge in [-0.2, -0.15) is 5.26 Å². The number of benzene rings is 1. The summed E-state index contributed by atoms with van der Waals surface area (Å²) in [5.41, 5.74) is 7.79. The standard InChI is InChI=1S/C13H7BrCl2N4/c14-9-6-19-4-8(12(9)18)5-20-13-10(15)1-7(3-17)2-11(13)16/h1-2,4-6H,(H2,18,19). The van der Waals surface area contributed by atoms with Crippen molar-refractivity contribution in [3.05, 3.63) is 50.2 Å². The highest BCUT2D eigenvalue weighted by molar-refractivity contribution is 9.10. The van der Waals surface area contributed by atoms with E-state index in [0.29, 0.717) is 37.0 Å². The Balaban J connectivity index is 2.42. The minimum Gasteiger partial charge on any atom is -0.397 e. The van der Waals surface area contributed by atoms with E-state index in [4.69, 9.17) is 34.2 Å². The molecule has 0 atom stereocenters. The lowest BCUT2D eigenvalue weighted by molar-refractivity contribution is 1.30. The van der Waals surface area contributed by atoms with E-state index in [1.54, 1.807) is 12.4 Å². The number of pyridine rings is 1. The first-order chi connectivity index (χ1) is 9.52. The minimum atomic E-state index is 0.298. The molecule has 0 aliphatic rings. The lowest BCUT2D eigenvalue weighted by Gasteiger charge is -2.04. The first-order valence-corrected chi connectivity index (χ1v) is 6.90. The monoisotopic (exact) mass is 368 g/mol. The van der Waals surface area contributed by atoms with Gasteiger partial charge >= 0.3 is 0 Å². The summed E-state index contributed by atoms with van der Waals surface area (Å²) in [7, 11) is 0. The van der Waals surface area contributed by atoms with Gasteiger partial charge in [-0.15, -0.1) is 0 Å². The van der Waals surface area contributed by atoms with E-state index in [2.05, 4.69) is 25.9 Å². The summed E-state index contributed by atoms with van der Waals surface area (Å²) in [6, 6.07) is 4.97. The number of halogens is 3. The van der Waals surface area contributed by atoms with Gasteiger partial charge in [0.15, 0.2) is 0 Å². The van der Waals surface area contributed by atoms with E-state index >= 15 is 0 Å². The van der Waals surface area contributed by atoms with Crippen molar-refractivity contribution >= 4 is 56.7 Å². The molecule has 1 heterocycles. The van der Waals surface area contributed by atoms with E-state index in [1.807, 2.05) is 6.07 Å². The molecule has 0 amide bonds. The maximum Gasteiger partial charge on any atom is 0.100 e. The summed E-state index contributed by atoms with van der Waals surface area (Å²) < 4.78 is 0.679. The molecule has 1 aromatic carbocycles. The van der Waals surface area contributed by atoms with Crippen LogP contribution < -0.4 is 5.73 Å². The van der Waals surface area contributed by atoms with Crippen molar-refractivity contribution in [2.45, 2.75) is 0 Å². The molecule has 2 rings (SSSR count). The molecule has 4 nitrogen and oxygen atoms in total. The Morgan fingerprint density at radius 1 is 1.30 bits per heavy atom. The van der Waals surface area contributed by atoms with Crippen molar-refractivity contribution in [1.82, 2.24) is 4.98 Å². The second kappa shape index (κ2) is 6.23. The smallest absolute Gasteiger partial charge is 0.100 e. The number of anilines is 1. The summed E-state index contributed by atoms with van der Waals surface area (Å²) in [4.78, 5) is 8.22. The molecule has 0 saturated heterocycles. The molecule has 0 aliphatic carbocycles. The lowest BCUT2D eigenvalue weighted by Crippen LogP contribution is -1.95. The molecule has 0 aliphatic heterocycles. The average Bonchev–Trinajstić information content (AvgIpc) is 2.42. The number of aromatic nitrogens is 1. The van der Waals surface area contributed by atoms with Gasteiger partial charge in [-0.25, -0.2) is 0 Å².